The number of aryl methyl sites for hydroxylation is 1. The highest BCUT2D eigenvalue weighted by molar-refractivity contribution is 7.91. The van der Waals surface area contributed by atoms with Crippen LogP contribution in [0.3, 0.4) is 0 Å². The molecule has 0 aliphatic heterocycles. The van der Waals surface area contributed by atoms with Crippen molar-refractivity contribution >= 4 is 21.4 Å². The minimum atomic E-state index is -3.49. The number of rotatable bonds is 4. The van der Waals surface area contributed by atoms with Crippen molar-refractivity contribution in [1.82, 2.24) is 0 Å². The number of hydrogen-bond acceptors (Lipinski definition) is 2. The Balaban J connectivity index is 2.63. The SMILES string of the molecule is CCc1cccc(S(=O)(=O)c2ccc(Cl)cc2)c1CC. The van der Waals surface area contributed by atoms with Gasteiger partial charge in [0.2, 0.25) is 9.84 Å². The summed E-state index contributed by atoms with van der Waals surface area (Å²) in [5.41, 5.74) is 1.99. The van der Waals surface area contributed by atoms with Crippen LogP contribution in [0.4, 0.5) is 0 Å². The van der Waals surface area contributed by atoms with E-state index in [1.54, 1.807) is 36.4 Å². The molecule has 0 amide bonds. The van der Waals surface area contributed by atoms with Gasteiger partial charge in [-0.25, -0.2) is 8.42 Å². The fourth-order valence-corrected chi connectivity index (χ4v) is 4.07. The second-order valence-electron chi connectivity index (χ2n) is 4.56. The molecule has 0 atom stereocenters. The summed E-state index contributed by atoms with van der Waals surface area (Å²) in [5, 5.41) is 0.530. The fourth-order valence-electron chi connectivity index (χ4n) is 2.34. The van der Waals surface area contributed by atoms with Crippen LogP contribution in [-0.4, -0.2) is 8.42 Å². The van der Waals surface area contributed by atoms with Crippen LogP contribution < -0.4 is 0 Å². The Hall–Kier alpha value is -1.32. The highest BCUT2D eigenvalue weighted by atomic mass is 35.5. The van der Waals surface area contributed by atoms with Crippen LogP contribution in [0.5, 0.6) is 0 Å². The molecule has 20 heavy (non-hydrogen) atoms. The zero-order chi connectivity index (χ0) is 14.8. The van der Waals surface area contributed by atoms with E-state index in [2.05, 4.69) is 0 Å². The molecule has 0 saturated carbocycles. The Labute approximate surface area is 125 Å². The van der Waals surface area contributed by atoms with E-state index in [9.17, 15) is 8.42 Å². The fraction of sp³-hybridized carbons (Fsp3) is 0.250. The molecule has 2 rings (SSSR count). The monoisotopic (exact) mass is 308 g/mol. The summed E-state index contributed by atoms with van der Waals surface area (Å²) in [6.45, 7) is 4.02. The molecule has 0 N–H and O–H groups in total. The lowest BCUT2D eigenvalue weighted by molar-refractivity contribution is 0.594. The van der Waals surface area contributed by atoms with E-state index < -0.39 is 9.84 Å². The van der Waals surface area contributed by atoms with Crippen molar-refractivity contribution < 1.29 is 8.42 Å². The third-order valence-corrected chi connectivity index (χ3v) is 5.48. The largest absolute Gasteiger partial charge is 0.219 e. The molecule has 0 unspecified atom stereocenters. The lowest BCUT2D eigenvalue weighted by atomic mass is 10.0. The first-order chi connectivity index (χ1) is 9.50. The van der Waals surface area contributed by atoms with Gasteiger partial charge in [-0.05, 0) is 54.3 Å². The lowest BCUT2D eigenvalue weighted by Gasteiger charge is -2.13. The summed E-state index contributed by atoms with van der Waals surface area (Å²) < 4.78 is 25.5. The first kappa shape index (κ1) is 15.1. The number of benzene rings is 2. The van der Waals surface area contributed by atoms with E-state index in [0.29, 0.717) is 16.3 Å². The van der Waals surface area contributed by atoms with Crippen molar-refractivity contribution in [1.29, 1.82) is 0 Å². The van der Waals surface area contributed by atoms with Gasteiger partial charge in [-0.1, -0.05) is 37.6 Å². The molecule has 2 nitrogen and oxygen atoms in total. The molecule has 0 bridgehead atoms. The molecule has 2 aromatic carbocycles. The number of hydrogen-bond donors (Lipinski definition) is 0. The van der Waals surface area contributed by atoms with Crippen molar-refractivity contribution in [3.05, 3.63) is 58.6 Å². The van der Waals surface area contributed by atoms with E-state index in [4.69, 9.17) is 11.6 Å². The van der Waals surface area contributed by atoms with Crippen LogP contribution in [0.25, 0.3) is 0 Å². The zero-order valence-corrected chi connectivity index (χ0v) is 13.1. The van der Waals surface area contributed by atoms with E-state index in [1.807, 2.05) is 19.9 Å². The van der Waals surface area contributed by atoms with Gasteiger partial charge in [0.25, 0.3) is 0 Å². The van der Waals surface area contributed by atoms with E-state index in [-0.39, 0.29) is 4.90 Å². The molecule has 0 fully saturated rings. The van der Waals surface area contributed by atoms with Crippen molar-refractivity contribution in [2.24, 2.45) is 0 Å². The van der Waals surface area contributed by atoms with Gasteiger partial charge in [0.15, 0.2) is 0 Å². The normalized spacial score (nSPS) is 11.6. The summed E-state index contributed by atoms with van der Waals surface area (Å²) in [6.07, 6.45) is 1.53. The van der Waals surface area contributed by atoms with Crippen LogP contribution in [0.15, 0.2) is 52.3 Å². The topological polar surface area (TPSA) is 34.1 Å². The van der Waals surface area contributed by atoms with Gasteiger partial charge in [-0.3, -0.25) is 0 Å². The van der Waals surface area contributed by atoms with Gasteiger partial charge in [0.05, 0.1) is 9.79 Å². The Morgan fingerprint density at radius 1 is 0.950 bits per heavy atom. The van der Waals surface area contributed by atoms with Gasteiger partial charge in [0, 0.05) is 5.02 Å². The summed E-state index contributed by atoms with van der Waals surface area (Å²) in [4.78, 5) is 0.687. The molecule has 0 spiro atoms. The molecule has 0 heterocycles. The molecule has 0 radical (unpaired) electrons. The Bertz CT molecular complexity index is 704. The molecule has 106 valence electrons. The summed E-state index contributed by atoms with van der Waals surface area (Å²) in [6, 6.07) is 11.8. The van der Waals surface area contributed by atoms with Crippen LogP contribution in [0.1, 0.15) is 25.0 Å². The van der Waals surface area contributed by atoms with Gasteiger partial charge in [0.1, 0.15) is 0 Å². The van der Waals surface area contributed by atoms with Gasteiger partial charge in [-0.2, -0.15) is 0 Å². The van der Waals surface area contributed by atoms with Crippen LogP contribution >= 0.6 is 11.6 Å². The van der Waals surface area contributed by atoms with Crippen molar-refractivity contribution in [3.8, 4) is 0 Å². The van der Waals surface area contributed by atoms with Crippen molar-refractivity contribution in [2.45, 2.75) is 36.5 Å². The van der Waals surface area contributed by atoms with Crippen molar-refractivity contribution in [2.75, 3.05) is 0 Å². The second-order valence-corrected chi connectivity index (χ2v) is 6.91. The van der Waals surface area contributed by atoms with Gasteiger partial charge < -0.3 is 0 Å². The summed E-state index contributed by atoms with van der Waals surface area (Å²) >= 11 is 5.82. The average Bonchev–Trinajstić information content (AvgIpc) is 2.46. The van der Waals surface area contributed by atoms with Gasteiger partial charge >= 0.3 is 0 Å². The second kappa shape index (κ2) is 5.98. The maximum Gasteiger partial charge on any atom is 0.206 e. The van der Waals surface area contributed by atoms with Crippen LogP contribution in [0, 0.1) is 0 Å². The Kier molecular flexibility index (Phi) is 4.51. The molecular weight excluding hydrogens is 292 g/mol. The molecule has 0 aliphatic rings. The standard InChI is InChI=1S/C16H17ClO2S/c1-3-12-6-5-7-16(15(12)4-2)20(18,19)14-10-8-13(17)9-11-14/h5-11H,3-4H2,1-2H3. The summed E-state index contributed by atoms with van der Waals surface area (Å²) in [5.74, 6) is 0. The third kappa shape index (κ3) is 2.74. The first-order valence-corrected chi connectivity index (χ1v) is 8.48. The predicted molar refractivity (Wildman–Crippen MR) is 82.1 cm³/mol. The van der Waals surface area contributed by atoms with Crippen molar-refractivity contribution in [3.63, 3.8) is 0 Å². The molecule has 4 heteroatoms. The maximum atomic E-state index is 12.7. The predicted octanol–water partition coefficient (Wildman–Crippen LogP) is 4.30. The molecule has 0 saturated heterocycles. The summed E-state index contributed by atoms with van der Waals surface area (Å²) in [7, 11) is -3.49. The maximum absolute atomic E-state index is 12.7. The highest BCUT2D eigenvalue weighted by Crippen LogP contribution is 2.27. The smallest absolute Gasteiger partial charge is 0.206 e. The number of halogens is 1. The minimum absolute atomic E-state index is 0.282. The van der Waals surface area contributed by atoms with E-state index >= 15 is 0 Å². The van der Waals surface area contributed by atoms with Crippen LogP contribution in [0.2, 0.25) is 5.02 Å². The quantitative estimate of drug-likeness (QED) is 0.844. The highest BCUT2D eigenvalue weighted by Gasteiger charge is 2.21. The molecule has 0 aliphatic carbocycles. The average molecular weight is 309 g/mol. The van der Waals surface area contributed by atoms with Crippen LogP contribution in [-0.2, 0) is 22.7 Å². The first-order valence-electron chi connectivity index (χ1n) is 6.62. The minimum Gasteiger partial charge on any atom is -0.219 e. The molecule has 2 aromatic rings. The third-order valence-electron chi connectivity index (χ3n) is 3.38. The van der Waals surface area contributed by atoms with Gasteiger partial charge in [-0.15, -0.1) is 0 Å². The Morgan fingerprint density at radius 3 is 2.15 bits per heavy atom. The molecular formula is C16H17ClO2S. The zero-order valence-electron chi connectivity index (χ0n) is 11.6. The molecule has 0 aromatic heterocycles. The lowest BCUT2D eigenvalue weighted by Crippen LogP contribution is -2.07. The van der Waals surface area contributed by atoms with E-state index in [1.165, 1.54) is 0 Å². The van der Waals surface area contributed by atoms with E-state index in [0.717, 1.165) is 17.5 Å². The Morgan fingerprint density at radius 2 is 1.60 bits per heavy atom. The number of sulfone groups is 1.